The van der Waals surface area contributed by atoms with Crippen molar-refractivity contribution in [3.63, 3.8) is 0 Å². The van der Waals surface area contributed by atoms with Crippen LogP contribution < -0.4 is 0 Å². The maximum atomic E-state index is 6.08. The maximum Gasteiger partial charge on any atom is 0.229 e. The van der Waals surface area contributed by atoms with Gasteiger partial charge < -0.3 is 9.15 Å². The molecule has 25 heavy (non-hydrogen) atoms. The normalized spacial score (nSPS) is 16.4. The highest BCUT2D eigenvalue weighted by Crippen LogP contribution is 2.35. The summed E-state index contributed by atoms with van der Waals surface area (Å²) in [6.45, 7) is 6.99. The molecule has 0 radical (unpaired) electrons. The number of nitrogens with zero attached hydrogens (tertiary/aromatic N) is 3. The number of hydrogen-bond donors (Lipinski definition) is 0. The van der Waals surface area contributed by atoms with Gasteiger partial charge >= 0.3 is 0 Å². The minimum atomic E-state index is -0.181. The average Bonchev–Trinajstić information content (AvgIpc) is 2.94. The fraction of sp³-hybridized carbons (Fsp3) is 0.526. The molecule has 0 spiro atoms. The molecule has 3 aromatic rings. The van der Waals surface area contributed by atoms with E-state index in [-0.39, 0.29) is 5.60 Å². The van der Waals surface area contributed by atoms with E-state index in [1.54, 1.807) is 18.1 Å². The molecule has 0 saturated carbocycles. The second-order valence-electron chi connectivity index (χ2n) is 7.19. The van der Waals surface area contributed by atoms with Crippen LogP contribution >= 0.6 is 11.8 Å². The Morgan fingerprint density at radius 1 is 1.24 bits per heavy atom. The third kappa shape index (κ3) is 3.25. The van der Waals surface area contributed by atoms with Crippen molar-refractivity contribution in [1.82, 2.24) is 15.0 Å². The van der Waals surface area contributed by atoms with Gasteiger partial charge in [0.2, 0.25) is 5.71 Å². The standard InChI is InChI=1S/C19H23N3O2S/c1-4-5-6-7-25-18-16-15(20-11-21-18)13-8-12-10-23-19(2,3)9-14(12)22-17(13)24-16/h8,11H,4-7,9-10H2,1-3H3. The van der Waals surface area contributed by atoms with Crippen LogP contribution in [0.3, 0.4) is 0 Å². The second-order valence-corrected chi connectivity index (χ2v) is 8.27. The predicted octanol–water partition coefficient (Wildman–Crippen LogP) is 4.90. The zero-order valence-electron chi connectivity index (χ0n) is 15.0. The Bertz CT molecular complexity index is 920. The molecule has 0 bridgehead atoms. The molecule has 0 aliphatic carbocycles. The van der Waals surface area contributed by atoms with Gasteiger partial charge in [0.15, 0.2) is 5.58 Å². The zero-order valence-corrected chi connectivity index (χ0v) is 15.8. The monoisotopic (exact) mass is 357 g/mol. The summed E-state index contributed by atoms with van der Waals surface area (Å²) in [5.74, 6) is 1.04. The Morgan fingerprint density at radius 2 is 2.12 bits per heavy atom. The zero-order chi connectivity index (χ0) is 17.4. The second kappa shape index (κ2) is 6.57. The molecule has 4 heterocycles. The molecular weight excluding hydrogens is 334 g/mol. The summed E-state index contributed by atoms with van der Waals surface area (Å²) in [7, 11) is 0. The van der Waals surface area contributed by atoms with Crippen molar-refractivity contribution in [2.45, 2.75) is 63.7 Å². The van der Waals surface area contributed by atoms with Crippen molar-refractivity contribution < 1.29 is 9.15 Å². The molecule has 132 valence electrons. The van der Waals surface area contributed by atoms with Crippen molar-refractivity contribution in [2.75, 3.05) is 5.75 Å². The van der Waals surface area contributed by atoms with Crippen molar-refractivity contribution in [2.24, 2.45) is 0 Å². The molecule has 0 atom stereocenters. The van der Waals surface area contributed by atoms with E-state index in [1.165, 1.54) is 19.3 Å². The lowest BCUT2D eigenvalue weighted by Gasteiger charge is -2.30. The van der Waals surface area contributed by atoms with Gasteiger partial charge in [-0.25, -0.2) is 15.0 Å². The number of aromatic nitrogens is 3. The minimum Gasteiger partial charge on any atom is -0.433 e. The maximum absolute atomic E-state index is 6.08. The molecule has 3 aromatic heterocycles. The van der Waals surface area contributed by atoms with Crippen LogP contribution in [0.4, 0.5) is 0 Å². The molecule has 0 N–H and O–H groups in total. The number of ether oxygens (including phenoxy) is 1. The number of thioether (sulfide) groups is 1. The van der Waals surface area contributed by atoms with E-state index in [1.807, 2.05) is 0 Å². The van der Waals surface area contributed by atoms with Gasteiger partial charge in [-0.3, -0.25) is 0 Å². The molecule has 0 unspecified atom stereocenters. The van der Waals surface area contributed by atoms with Gasteiger partial charge in [-0.05, 0) is 32.1 Å². The van der Waals surface area contributed by atoms with E-state index in [0.717, 1.165) is 44.9 Å². The first-order chi connectivity index (χ1) is 12.1. The minimum absolute atomic E-state index is 0.181. The van der Waals surface area contributed by atoms with Crippen molar-refractivity contribution >= 4 is 34.0 Å². The molecular formula is C19H23N3O2S. The summed E-state index contributed by atoms with van der Waals surface area (Å²) >= 11 is 1.74. The van der Waals surface area contributed by atoms with Gasteiger partial charge in [-0.1, -0.05) is 19.8 Å². The lowest BCUT2D eigenvalue weighted by atomic mass is 9.95. The summed E-state index contributed by atoms with van der Waals surface area (Å²) in [5.41, 5.74) is 4.28. The van der Waals surface area contributed by atoms with E-state index >= 15 is 0 Å². The number of furan rings is 1. The van der Waals surface area contributed by atoms with E-state index in [9.17, 15) is 0 Å². The number of pyridine rings is 1. The molecule has 5 nitrogen and oxygen atoms in total. The third-order valence-corrected chi connectivity index (χ3v) is 5.64. The van der Waals surface area contributed by atoms with Gasteiger partial charge in [-0.15, -0.1) is 11.8 Å². The highest BCUT2D eigenvalue weighted by atomic mass is 32.2. The number of rotatable bonds is 5. The van der Waals surface area contributed by atoms with Gasteiger partial charge in [0.05, 0.1) is 23.3 Å². The van der Waals surface area contributed by atoms with Crippen LogP contribution in [0, 0.1) is 0 Å². The van der Waals surface area contributed by atoms with Crippen molar-refractivity contribution in [1.29, 1.82) is 0 Å². The van der Waals surface area contributed by atoms with Crippen LogP contribution in [-0.2, 0) is 17.8 Å². The van der Waals surface area contributed by atoms with E-state index in [2.05, 4.69) is 36.8 Å². The molecule has 0 aromatic carbocycles. The molecule has 0 fully saturated rings. The van der Waals surface area contributed by atoms with E-state index < -0.39 is 0 Å². The smallest absolute Gasteiger partial charge is 0.229 e. The lowest BCUT2D eigenvalue weighted by Crippen LogP contribution is -2.32. The number of unbranched alkanes of at least 4 members (excludes halogenated alkanes) is 2. The quantitative estimate of drug-likeness (QED) is 0.367. The number of hydrogen-bond acceptors (Lipinski definition) is 6. The highest BCUT2D eigenvalue weighted by Gasteiger charge is 2.28. The first kappa shape index (κ1) is 16.8. The molecule has 0 saturated heterocycles. The Kier molecular flexibility index (Phi) is 4.41. The molecule has 1 aliphatic heterocycles. The summed E-state index contributed by atoms with van der Waals surface area (Å²) in [6.07, 6.45) is 6.06. The van der Waals surface area contributed by atoms with Crippen LogP contribution in [-0.4, -0.2) is 26.3 Å². The average molecular weight is 357 g/mol. The topological polar surface area (TPSA) is 61.0 Å². The van der Waals surface area contributed by atoms with Crippen molar-refractivity contribution in [3.05, 3.63) is 23.7 Å². The highest BCUT2D eigenvalue weighted by molar-refractivity contribution is 7.99. The Hall–Kier alpha value is -1.66. The van der Waals surface area contributed by atoms with Gasteiger partial charge in [0.1, 0.15) is 16.9 Å². The molecule has 1 aliphatic rings. The molecule has 4 rings (SSSR count). The summed E-state index contributed by atoms with van der Waals surface area (Å²) < 4.78 is 12.0. The first-order valence-electron chi connectivity index (χ1n) is 8.90. The lowest BCUT2D eigenvalue weighted by molar-refractivity contribution is -0.0411. The Labute approximate surface area is 151 Å². The van der Waals surface area contributed by atoms with Crippen LogP contribution in [0.2, 0.25) is 0 Å². The molecule has 6 heteroatoms. The predicted molar refractivity (Wildman–Crippen MR) is 99.9 cm³/mol. The fourth-order valence-corrected chi connectivity index (χ4v) is 4.12. The van der Waals surface area contributed by atoms with E-state index in [4.69, 9.17) is 14.1 Å². The number of fused-ring (bicyclic) bond motifs is 4. The van der Waals surface area contributed by atoms with Crippen LogP contribution in [0.5, 0.6) is 0 Å². The van der Waals surface area contributed by atoms with Crippen LogP contribution in [0.1, 0.15) is 51.3 Å². The molecule has 0 amide bonds. The van der Waals surface area contributed by atoms with Gasteiger partial charge in [0, 0.05) is 12.0 Å². The van der Waals surface area contributed by atoms with Crippen LogP contribution in [0.25, 0.3) is 22.2 Å². The largest absolute Gasteiger partial charge is 0.433 e. The third-order valence-electron chi connectivity index (χ3n) is 4.58. The fourth-order valence-electron chi connectivity index (χ4n) is 3.19. The van der Waals surface area contributed by atoms with Crippen molar-refractivity contribution in [3.8, 4) is 0 Å². The SMILES string of the molecule is CCCCCSc1ncnc2c1oc1nc3c(cc12)COC(C)(C)C3. The summed E-state index contributed by atoms with van der Waals surface area (Å²) in [5, 5.41) is 1.86. The van der Waals surface area contributed by atoms with Gasteiger partial charge in [-0.2, -0.15) is 0 Å². The summed E-state index contributed by atoms with van der Waals surface area (Å²) in [4.78, 5) is 13.7. The summed E-state index contributed by atoms with van der Waals surface area (Å²) in [6, 6.07) is 2.12. The van der Waals surface area contributed by atoms with Gasteiger partial charge in [0.25, 0.3) is 0 Å². The van der Waals surface area contributed by atoms with Crippen LogP contribution in [0.15, 0.2) is 21.8 Å². The Morgan fingerprint density at radius 3 is 2.96 bits per heavy atom. The Balaban J connectivity index is 1.74. The first-order valence-corrected chi connectivity index (χ1v) is 9.89. The van der Waals surface area contributed by atoms with E-state index in [0.29, 0.717) is 12.3 Å².